The third-order valence-corrected chi connectivity index (χ3v) is 3.53. The van der Waals surface area contributed by atoms with Gasteiger partial charge in [0.15, 0.2) is 0 Å². The standard InChI is InChI=1S/C16H21F2N3/c1-4-15-14(9-19-3)16(5-2)21(20-15)10-11-6-12(17)8-13(18)7-11/h6-8,19H,4-5,9-10H2,1-3H3. The van der Waals surface area contributed by atoms with Gasteiger partial charge >= 0.3 is 0 Å². The first-order valence-electron chi connectivity index (χ1n) is 7.26. The lowest BCUT2D eigenvalue weighted by Gasteiger charge is -2.08. The van der Waals surface area contributed by atoms with Crippen LogP contribution < -0.4 is 5.32 Å². The largest absolute Gasteiger partial charge is 0.316 e. The Balaban J connectivity index is 2.39. The van der Waals surface area contributed by atoms with Gasteiger partial charge in [0.2, 0.25) is 0 Å². The van der Waals surface area contributed by atoms with Crippen molar-refractivity contribution >= 4 is 0 Å². The van der Waals surface area contributed by atoms with Crippen LogP contribution in [0, 0.1) is 11.6 Å². The number of hydrogen-bond acceptors (Lipinski definition) is 2. The van der Waals surface area contributed by atoms with Crippen molar-refractivity contribution in [3.8, 4) is 0 Å². The third kappa shape index (κ3) is 3.47. The molecule has 0 aliphatic rings. The second-order valence-corrected chi connectivity index (χ2v) is 5.04. The molecular weight excluding hydrogens is 272 g/mol. The Bertz CT molecular complexity index is 600. The lowest BCUT2D eigenvalue weighted by Crippen LogP contribution is -2.10. The van der Waals surface area contributed by atoms with E-state index in [9.17, 15) is 8.78 Å². The predicted octanol–water partition coefficient (Wildman–Crippen LogP) is 3.05. The minimum Gasteiger partial charge on any atom is -0.316 e. The Morgan fingerprint density at radius 2 is 1.76 bits per heavy atom. The van der Waals surface area contributed by atoms with Crippen molar-refractivity contribution in [2.75, 3.05) is 7.05 Å². The van der Waals surface area contributed by atoms with E-state index in [1.807, 2.05) is 11.7 Å². The summed E-state index contributed by atoms with van der Waals surface area (Å²) in [5.41, 5.74) is 3.94. The summed E-state index contributed by atoms with van der Waals surface area (Å²) in [4.78, 5) is 0. The normalized spacial score (nSPS) is 11.1. The highest BCUT2D eigenvalue weighted by Crippen LogP contribution is 2.18. The fraction of sp³-hybridized carbons (Fsp3) is 0.438. The smallest absolute Gasteiger partial charge is 0.126 e. The molecule has 0 aliphatic carbocycles. The van der Waals surface area contributed by atoms with Gasteiger partial charge in [-0.1, -0.05) is 13.8 Å². The molecule has 3 nitrogen and oxygen atoms in total. The topological polar surface area (TPSA) is 29.9 Å². The van der Waals surface area contributed by atoms with Crippen LogP contribution in [0.4, 0.5) is 8.78 Å². The van der Waals surface area contributed by atoms with Crippen LogP contribution in [-0.4, -0.2) is 16.8 Å². The molecule has 0 bridgehead atoms. The summed E-state index contributed by atoms with van der Waals surface area (Å²) in [6.45, 7) is 5.27. The summed E-state index contributed by atoms with van der Waals surface area (Å²) in [5, 5.41) is 7.76. The molecule has 114 valence electrons. The molecule has 2 rings (SSSR count). The zero-order valence-corrected chi connectivity index (χ0v) is 12.7. The Labute approximate surface area is 124 Å². The summed E-state index contributed by atoms with van der Waals surface area (Å²) in [6, 6.07) is 3.60. The molecule has 1 aromatic heterocycles. The Morgan fingerprint density at radius 3 is 2.29 bits per heavy atom. The number of halogens is 2. The molecule has 0 unspecified atom stereocenters. The molecule has 0 amide bonds. The Morgan fingerprint density at radius 1 is 1.10 bits per heavy atom. The van der Waals surface area contributed by atoms with E-state index in [-0.39, 0.29) is 0 Å². The first kappa shape index (κ1) is 15.6. The van der Waals surface area contributed by atoms with Crippen LogP contribution in [0.3, 0.4) is 0 Å². The van der Waals surface area contributed by atoms with Gasteiger partial charge in [-0.3, -0.25) is 4.68 Å². The zero-order chi connectivity index (χ0) is 15.4. The van der Waals surface area contributed by atoms with Crippen molar-refractivity contribution < 1.29 is 8.78 Å². The molecule has 1 aromatic carbocycles. The molecule has 0 aliphatic heterocycles. The molecule has 1 N–H and O–H groups in total. The molecule has 0 atom stereocenters. The number of aromatic nitrogens is 2. The molecule has 0 fully saturated rings. The Hall–Kier alpha value is -1.75. The van der Waals surface area contributed by atoms with Crippen molar-refractivity contribution in [2.24, 2.45) is 0 Å². The van der Waals surface area contributed by atoms with Crippen molar-refractivity contribution in [2.45, 2.75) is 39.8 Å². The maximum absolute atomic E-state index is 13.3. The van der Waals surface area contributed by atoms with Crippen molar-refractivity contribution in [3.05, 3.63) is 52.3 Å². The third-order valence-electron chi connectivity index (χ3n) is 3.53. The number of aryl methyl sites for hydroxylation is 1. The van der Waals surface area contributed by atoms with Gasteiger partial charge in [0, 0.05) is 23.9 Å². The van der Waals surface area contributed by atoms with Gasteiger partial charge < -0.3 is 5.32 Å². The van der Waals surface area contributed by atoms with E-state index in [1.165, 1.54) is 17.7 Å². The van der Waals surface area contributed by atoms with Gasteiger partial charge in [-0.05, 0) is 37.6 Å². The van der Waals surface area contributed by atoms with E-state index in [0.29, 0.717) is 12.1 Å². The zero-order valence-electron chi connectivity index (χ0n) is 12.7. The highest BCUT2D eigenvalue weighted by atomic mass is 19.1. The van der Waals surface area contributed by atoms with Crippen LogP contribution in [0.5, 0.6) is 0 Å². The number of rotatable bonds is 6. The molecule has 0 radical (unpaired) electrons. The molecule has 1 heterocycles. The second-order valence-electron chi connectivity index (χ2n) is 5.04. The van der Waals surface area contributed by atoms with Gasteiger partial charge in [0.1, 0.15) is 11.6 Å². The minimum atomic E-state index is -0.554. The van der Waals surface area contributed by atoms with Crippen LogP contribution >= 0.6 is 0 Å². The lowest BCUT2D eigenvalue weighted by molar-refractivity contribution is 0.571. The number of nitrogens with zero attached hydrogens (tertiary/aromatic N) is 2. The predicted molar refractivity (Wildman–Crippen MR) is 79.2 cm³/mol. The molecular formula is C16H21F2N3. The minimum absolute atomic E-state index is 0.383. The molecule has 0 saturated heterocycles. The van der Waals surface area contributed by atoms with Crippen LogP contribution in [-0.2, 0) is 25.9 Å². The number of hydrogen-bond donors (Lipinski definition) is 1. The van der Waals surface area contributed by atoms with E-state index in [0.717, 1.165) is 36.8 Å². The second kappa shape index (κ2) is 6.80. The maximum atomic E-state index is 13.3. The average Bonchev–Trinajstić information content (AvgIpc) is 2.75. The highest BCUT2D eigenvalue weighted by Gasteiger charge is 2.15. The molecule has 0 saturated carbocycles. The van der Waals surface area contributed by atoms with Crippen molar-refractivity contribution in [1.29, 1.82) is 0 Å². The van der Waals surface area contributed by atoms with E-state index < -0.39 is 11.6 Å². The van der Waals surface area contributed by atoms with Crippen molar-refractivity contribution in [3.63, 3.8) is 0 Å². The average molecular weight is 293 g/mol. The Kier molecular flexibility index (Phi) is 5.07. The fourth-order valence-corrected chi connectivity index (χ4v) is 2.66. The van der Waals surface area contributed by atoms with E-state index >= 15 is 0 Å². The van der Waals surface area contributed by atoms with Crippen LogP contribution in [0.1, 0.15) is 36.4 Å². The summed E-state index contributed by atoms with van der Waals surface area (Å²) in [5.74, 6) is -1.11. The van der Waals surface area contributed by atoms with Gasteiger partial charge in [0.25, 0.3) is 0 Å². The van der Waals surface area contributed by atoms with Crippen LogP contribution in [0.15, 0.2) is 18.2 Å². The van der Waals surface area contributed by atoms with E-state index in [1.54, 1.807) is 0 Å². The fourth-order valence-electron chi connectivity index (χ4n) is 2.66. The highest BCUT2D eigenvalue weighted by molar-refractivity contribution is 5.28. The van der Waals surface area contributed by atoms with Gasteiger partial charge in [-0.2, -0.15) is 5.10 Å². The van der Waals surface area contributed by atoms with Crippen LogP contribution in [0.2, 0.25) is 0 Å². The molecule has 2 aromatic rings. The molecule has 21 heavy (non-hydrogen) atoms. The lowest BCUT2D eigenvalue weighted by atomic mass is 10.1. The first-order valence-corrected chi connectivity index (χ1v) is 7.26. The number of nitrogens with one attached hydrogen (secondary N) is 1. The summed E-state index contributed by atoms with van der Waals surface area (Å²) in [7, 11) is 1.90. The van der Waals surface area contributed by atoms with Gasteiger partial charge in [-0.15, -0.1) is 0 Å². The maximum Gasteiger partial charge on any atom is 0.126 e. The first-order chi connectivity index (χ1) is 10.1. The van der Waals surface area contributed by atoms with Crippen LogP contribution in [0.25, 0.3) is 0 Å². The monoisotopic (exact) mass is 293 g/mol. The van der Waals surface area contributed by atoms with E-state index in [2.05, 4.69) is 24.3 Å². The molecule has 0 spiro atoms. The van der Waals surface area contributed by atoms with Gasteiger partial charge in [-0.25, -0.2) is 8.78 Å². The SMILES string of the molecule is CCc1nn(Cc2cc(F)cc(F)c2)c(CC)c1CNC. The van der Waals surface area contributed by atoms with E-state index in [4.69, 9.17) is 0 Å². The number of benzene rings is 1. The summed E-state index contributed by atoms with van der Waals surface area (Å²) < 4.78 is 28.5. The quantitative estimate of drug-likeness (QED) is 0.887. The van der Waals surface area contributed by atoms with Gasteiger partial charge in [0.05, 0.1) is 12.2 Å². The van der Waals surface area contributed by atoms with Crippen molar-refractivity contribution in [1.82, 2.24) is 15.1 Å². The summed E-state index contributed by atoms with van der Waals surface area (Å²) >= 11 is 0. The summed E-state index contributed by atoms with van der Waals surface area (Å²) in [6.07, 6.45) is 1.68. The molecule has 5 heteroatoms.